The van der Waals surface area contributed by atoms with Crippen LogP contribution < -0.4 is 5.32 Å². The highest BCUT2D eigenvalue weighted by molar-refractivity contribution is 9.12. The topological polar surface area (TPSA) is 66.5 Å². The van der Waals surface area contributed by atoms with Crippen molar-refractivity contribution in [3.05, 3.63) is 30.1 Å². The first-order valence-electron chi connectivity index (χ1n) is 8.52. The van der Waals surface area contributed by atoms with E-state index in [0.29, 0.717) is 5.69 Å². The Morgan fingerprint density at radius 2 is 1.62 bits per heavy atom. The monoisotopic (exact) mass is 486 g/mol. The average molecular weight is 488 g/mol. The summed E-state index contributed by atoms with van der Waals surface area (Å²) >= 11 is 7.28. The molecule has 1 aliphatic heterocycles. The molecule has 3 aliphatic rings. The molecule has 3 fully saturated rings. The van der Waals surface area contributed by atoms with Crippen molar-refractivity contribution < 1.29 is 18.8 Å². The number of carbonyl (C=O) groups is 3. The quantitative estimate of drug-likeness (QED) is 0.526. The van der Waals surface area contributed by atoms with Crippen LogP contribution in [-0.2, 0) is 14.4 Å². The van der Waals surface area contributed by atoms with Gasteiger partial charge in [-0.15, -0.1) is 0 Å². The van der Waals surface area contributed by atoms with Crippen LogP contribution in [-0.4, -0.2) is 38.3 Å². The number of halogens is 3. The van der Waals surface area contributed by atoms with Crippen molar-refractivity contribution in [3.63, 3.8) is 0 Å². The van der Waals surface area contributed by atoms with Gasteiger partial charge in [0, 0.05) is 15.3 Å². The van der Waals surface area contributed by atoms with E-state index < -0.39 is 17.8 Å². The first-order chi connectivity index (χ1) is 12.3. The number of fused-ring (bicyclic) bond motifs is 5. The number of imide groups is 1. The molecule has 4 rings (SSSR count). The molecule has 138 valence electrons. The van der Waals surface area contributed by atoms with Crippen molar-refractivity contribution >= 4 is 55.3 Å². The molecule has 7 atom stereocenters. The van der Waals surface area contributed by atoms with Gasteiger partial charge in [0.2, 0.25) is 17.7 Å². The molecule has 26 heavy (non-hydrogen) atoms. The largest absolute Gasteiger partial charge is 0.324 e. The van der Waals surface area contributed by atoms with E-state index in [1.54, 1.807) is 6.92 Å². The predicted molar refractivity (Wildman–Crippen MR) is 100 cm³/mol. The van der Waals surface area contributed by atoms with Crippen molar-refractivity contribution in [2.24, 2.45) is 23.7 Å². The molecule has 0 spiro atoms. The summed E-state index contributed by atoms with van der Waals surface area (Å²) in [5.41, 5.74) is 0.420. The van der Waals surface area contributed by atoms with Crippen molar-refractivity contribution in [2.75, 3.05) is 5.32 Å². The highest BCUT2D eigenvalue weighted by Crippen LogP contribution is 2.60. The Labute approximate surface area is 166 Å². The van der Waals surface area contributed by atoms with Crippen LogP contribution in [0.5, 0.6) is 0 Å². The van der Waals surface area contributed by atoms with E-state index in [0.717, 1.165) is 11.3 Å². The van der Waals surface area contributed by atoms with Crippen LogP contribution in [0.2, 0.25) is 0 Å². The smallest absolute Gasteiger partial charge is 0.247 e. The van der Waals surface area contributed by atoms with Crippen molar-refractivity contribution in [3.8, 4) is 0 Å². The minimum Gasteiger partial charge on any atom is -0.324 e. The molecule has 3 amide bonds. The second-order valence-corrected chi connectivity index (χ2v) is 9.34. The van der Waals surface area contributed by atoms with Gasteiger partial charge in [-0.1, -0.05) is 31.9 Å². The van der Waals surface area contributed by atoms with E-state index in [1.807, 2.05) is 0 Å². The molecule has 0 radical (unpaired) electrons. The lowest BCUT2D eigenvalue weighted by Gasteiger charge is -2.28. The summed E-state index contributed by atoms with van der Waals surface area (Å²) in [5, 5.41) is 2.64. The van der Waals surface area contributed by atoms with Crippen LogP contribution in [0.3, 0.4) is 0 Å². The Balaban J connectivity index is 1.53. The van der Waals surface area contributed by atoms with Crippen molar-refractivity contribution in [1.82, 2.24) is 4.90 Å². The lowest BCUT2D eigenvalue weighted by molar-refractivity contribution is -0.146. The van der Waals surface area contributed by atoms with Crippen LogP contribution in [0.25, 0.3) is 0 Å². The molecular formula is C18H17Br2FN2O3. The van der Waals surface area contributed by atoms with Gasteiger partial charge in [-0.05, 0) is 49.4 Å². The van der Waals surface area contributed by atoms with E-state index in [4.69, 9.17) is 0 Å². The Morgan fingerprint density at radius 1 is 1.12 bits per heavy atom. The average Bonchev–Trinajstić information content (AvgIpc) is 3.21. The third-order valence-electron chi connectivity index (χ3n) is 5.90. The number of likely N-dealkylation sites (tertiary alicyclic amines) is 1. The number of nitrogens with zero attached hydrogens (tertiary/aromatic N) is 1. The SMILES string of the molecule is C[C@H](C(=O)Nc1ccc(F)cc1)N1C(=O)[C@@H]2[C@H]3C[C@@H]([C@H](Br)[C@@H]3Br)[C@@H]2C1=O. The first-order valence-corrected chi connectivity index (χ1v) is 10.4. The minimum atomic E-state index is -0.910. The molecule has 2 aliphatic carbocycles. The van der Waals surface area contributed by atoms with Gasteiger partial charge in [-0.25, -0.2) is 4.39 Å². The first kappa shape index (κ1) is 18.1. The molecule has 1 aromatic rings. The zero-order valence-corrected chi connectivity index (χ0v) is 17.0. The number of hydrogen-bond donors (Lipinski definition) is 1. The number of anilines is 1. The molecular weight excluding hydrogens is 471 g/mol. The second-order valence-electron chi connectivity index (χ2n) is 7.22. The molecule has 1 heterocycles. The summed E-state index contributed by atoms with van der Waals surface area (Å²) in [6.45, 7) is 1.55. The summed E-state index contributed by atoms with van der Waals surface area (Å²) in [4.78, 5) is 39.8. The van der Waals surface area contributed by atoms with Gasteiger partial charge in [0.05, 0.1) is 11.8 Å². The minimum absolute atomic E-state index is 0.114. The highest BCUT2D eigenvalue weighted by Gasteiger charge is 2.67. The number of alkyl halides is 2. The molecule has 2 bridgehead atoms. The van der Waals surface area contributed by atoms with Crippen LogP contribution in [0.15, 0.2) is 24.3 Å². The molecule has 1 N–H and O–H groups in total. The number of carbonyl (C=O) groups excluding carboxylic acids is 3. The molecule has 0 aromatic heterocycles. The fourth-order valence-electron chi connectivity index (χ4n) is 4.65. The lowest BCUT2D eigenvalue weighted by atomic mass is 9.81. The maximum atomic E-state index is 13.0. The van der Waals surface area contributed by atoms with E-state index in [1.165, 1.54) is 24.3 Å². The molecule has 1 aromatic carbocycles. The highest BCUT2D eigenvalue weighted by atomic mass is 79.9. The van der Waals surface area contributed by atoms with Gasteiger partial charge in [0.25, 0.3) is 0 Å². The van der Waals surface area contributed by atoms with E-state index in [9.17, 15) is 18.8 Å². The number of rotatable bonds is 3. The maximum absolute atomic E-state index is 13.0. The number of benzene rings is 1. The van der Waals surface area contributed by atoms with E-state index in [2.05, 4.69) is 37.2 Å². The maximum Gasteiger partial charge on any atom is 0.247 e. The number of nitrogens with one attached hydrogen (secondary N) is 1. The fraction of sp³-hybridized carbons (Fsp3) is 0.500. The standard InChI is InChI=1S/C18H17Br2FN2O3/c1-7(16(24)22-9-4-2-8(21)3-5-9)23-17(25)12-10-6-11(13(12)18(23)26)15(20)14(10)19/h2-5,7,10-15H,6H2,1H3,(H,22,24)/t7-,10-,11-,12-,13+,14-,15+/m1/s1. The van der Waals surface area contributed by atoms with Gasteiger partial charge in [0.15, 0.2) is 0 Å². The molecule has 2 saturated carbocycles. The Kier molecular flexibility index (Phi) is 4.46. The Morgan fingerprint density at radius 3 is 2.12 bits per heavy atom. The van der Waals surface area contributed by atoms with Crippen LogP contribution in [0.4, 0.5) is 10.1 Å². The van der Waals surface area contributed by atoms with Crippen molar-refractivity contribution in [1.29, 1.82) is 0 Å². The summed E-state index contributed by atoms with van der Waals surface area (Å²) in [7, 11) is 0. The van der Waals surface area contributed by atoms with Gasteiger partial charge in [-0.2, -0.15) is 0 Å². The zero-order chi connectivity index (χ0) is 18.7. The summed E-state index contributed by atoms with van der Waals surface area (Å²) in [6, 6.07) is 4.44. The lowest BCUT2D eigenvalue weighted by Crippen LogP contribution is -2.46. The summed E-state index contributed by atoms with van der Waals surface area (Å²) in [5.74, 6) is -1.82. The summed E-state index contributed by atoms with van der Waals surface area (Å²) < 4.78 is 13.0. The van der Waals surface area contributed by atoms with Crippen LogP contribution in [0, 0.1) is 29.5 Å². The van der Waals surface area contributed by atoms with Crippen molar-refractivity contribution in [2.45, 2.75) is 29.0 Å². The summed E-state index contributed by atoms with van der Waals surface area (Å²) in [6.07, 6.45) is 0.850. The van der Waals surface area contributed by atoms with Gasteiger partial charge < -0.3 is 5.32 Å². The second kappa shape index (κ2) is 6.41. The number of hydrogen-bond acceptors (Lipinski definition) is 3. The van der Waals surface area contributed by atoms with E-state index >= 15 is 0 Å². The van der Waals surface area contributed by atoms with Crippen LogP contribution in [0.1, 0.15) is 13.3 Å². The third-order valence-corrected chi connectivity index (χ3v) is 9.11. The molecule has 8 heteroatoms. The molecule has 0 unspecified atom stereocenters. The van der Waals surface area contributed by atoms with Gasteiger partial charge >= 0.3 is 0 Å². The number of amides is 3. The third kappa shape index (κ3) is 2.56. The normalized spacial score (nSPS) is 36.4. The van der Waals surface area contributed by atoms with E-state index in [-0.39, 0.29) is 45.1 Å². The van der Waals surface area contributed by atoms with Crippen LogP contribution >= 0.6 is 31.9 Å². The zero-order valence-electron chi connectivity index (χ0n) is 13.9. The Hall–Kier alpha value is -1.28. The molecule has 1 saturated heterocycles. The van der Waals surface area contributed by atoms with Gasteiger partial charge in [0.1, 0.15) is 11.9 Å². The Bertz CT molecular complexity index is 755. The fourth-order valence-corrected chi connectivity index (χ4v) is 6.52. The predicted octanol–water partition coefficient (Wildman–Crippen LogP) is 2.93. The van der Waals surface area contributed by atoms with Gasteiger partial charge in [-0.3, -0.25) is 19.3 Å². The molecule has 5 nitrogen and oxygen atoms in total.